The number of quaternary nitrogens is 1. The van der Waals surface area contributed by atoms with Crippen LogP contribution in [0, 0.1) is 0 Å². The van der Waals surface area contributed by atoms with E-state index in [-0.39, 0.29) is 0 Å². The lowest BCUT2D eigenvalue weighted by atomic mass is 9.99. The van der Waals surface area contributed by atoms with Crippen molar-refractivity contribution in [2.45, 2.75) is 115 Å². The first kappa shape index (κ1) is 26.8. The highest BCUT2D eigenvalue weighted by molar-refractivity contribution is 7.38. The molecule has 0 saturated carbocycles. The van der Waals surface area contributed by atoms with Crippen LogP contribution in [0.5, 0.6) is 0 Å². The molecule has 0 amide bonds. The Bertz CT molecular complexity index is 404. The average Bonchev–Trinajstić information content (AvgIpc) is 2.59. The third-order valence-corrected chi connectivity index (χ3v) is 7.55. The summed E-state index contributed by atoms with van der Waals surface area (Å²) in [6.07, 6.45) is 22.3. The molecule has 0 N–H and O–H groups in total. The zero-order chi connectivity index (χ0) is 20.6. The molecule has 2 atom stereocenters. The summed E-state index contributed by atoms with van der Waals surface area (Å²) in [5, 5.41) is -0.593. The van der Waals surface area contributed by atoms with Crippen molar-refractivity contribution < 1.29 is 13.9 Å². The van der Waals surface area contributed by atoms with Crippen molar-refractivity contribution in [3.63, 3.8) is 0 Å². The second kappa shape index (κ2) is 15.7. The van der Waals surface area contributed by atoms with Crippen LogP contribution in [0.2, 0.25) is 0 Å². The highest BCUT2D eigenvalue weighted by Gasteiger charge is 2.53. The molecule has 0 heterocycles. The minimum atomic E-state index is -2.42. The molecule has 0 aromatic carbocycles. The van der Waals surface area contributed by atoms with Crippen molar-refractivity contribution in [1.29, 1.82) is 0 Å². The van der Waals surface area contributed by atoms with Crippen LogP contribution in [0.25, 0.3) is 0 Å². The van der Waals surface area contributed by atoms with Crippen molar-refractivity contribution in [3.8, 4) is 0 Å². The average molecular weight is 401 g/mol. The van der Waals surface area contributed by atoms with Crippen molar-refractivity contribution >= 4 is 8.03 Å². The van der Waals surface area contributed by atoms with Gasteiger partial charge in [0.25, 0.3) is 5.28 Å². The first-order valence-corrected chi connectivity index (χ1v) is 12.6. The summed E-state index contributed by atoms with van der Waals surface area (Å²) >= 11 is 0. The molecule has 0 aromatic rings. The fourth-order valence-corrected chi connectivity index (χ4v) is 5.16. The van der Waals surface area contributed by atoms with Gasteiger partial charge in [0.05, 0.1) is 21.1 Å². The van der Waals surface area contributed by atoms with E-state index in [4.69, 9.17) is 0 Å². The molecule has 0 rings (SSSR count). The molecule has 3 nitrogen and oxygen atoms in total. The molecule has 0 aromatic heterocycles. The van der Waals surface area contributed by atoms with E-state index >= 15 is 0 Å². The van der Waals surface area contributed by atoms with Crippen LogP contribution in [0.3, 0.4) is 0 Å². The van der Waals surface area contributed by atoms with Gasteiger partial charge in [0.2, 0.25) is 0 Å². The molecule has 4 heteroatoms. The Morgan fingerprint density at radius 2 is 1.22 bits per heavy atom. The number of nitrogens with zero attached hydrogens (tertiary/aromatic N) is 1. The highest BCUT2D eigenvalue weighted by atomic mass is 31.1. The molecule has 160 valence electrons. The Labute approximate surface area is 171 Å². The van der Waals surface area contributed by atoms with Gasteiger partial charge in [0, 0.05) is 12.8 Å². The molecule has 0 spiro atoms. The van der Waals surface area contributed by atoms with E-state index in [2.05, 4.69) is 26.0 Å². The van der Waals surface area contributed by atoms with Crippen LogP contribution in [-0.2, 0) is 4.57 Å². The van der Waals surface area contributed by atoms with E-state index in [1.807, 2.05) is 21.1 Å². The van der Waals surface area contributed by atoms with Crippen molar-refractivity contribution in [2.75, 3.05) is 21.1 Å². The molecule has 0 saturated heterocycles. The van der Waals surface area contributed by atoms with E-state index in [1.54, 1.807) is 0 Å². The molecular weight excluding hydrogens is 353 g/mol. The maximum absolute atomic E-state index is 12.0. The first-order chi connectivity index (χ1) is 12.8. The lowest BCUT2D eigenvalue weighted by molar-refractivity contribution is -0.910. The van der Waals surface area contributed by atoms with E-state index in [1.165, 1.54) is 64.2 Å². The zero-order valence-corrected chi connectivity index (χ0v) is 19.9. The van der Waals surface area contributed by atoms with Gasteiger partial charge in [-0.25, -0.2) is 0 Å². The molecule has 2 unspecified atom stereocenters. The Balaban J connectivity index is 3.87. The minimum Gasteiger partial charge on any atom is -0.590 e. The van der Waals surface area contributed by atoms with Gasteiger partial charge in [-0.2, -0.15) is 0 Å². The van der Waals surface area contributed by atoms with Crippen LogP contribution in [0.4, 0.5) is 0 Å². The second-order valence-corrected chi connectivity index (χ2v) is 10.3. The van der Waals surface area contributed by atoms with Gasteiger partial charge in [-0.05, 0) is 38.5 Å². The maximum atomic E-state index is 12.0. The summed E-state index contributed by atoms with van der Waals surface area (Å²) in [5.41, 5.74) is 0. The topological polar surface area (TPSA) is 40.1 Å². The predicted molar refractivity (Wildman–Crippen MR) is 118 cm³/mol. The molecule has 27 heavy (non-hydrogen) atoms. The summed E-state index contributed by atoms with van der Waals surface area (Å²) in [6, 6.07) is 0. The SMILES string of the molecule is CCCCCCC/C=C\CCCCCCCC(CCC)([P+](=O)[O-])[N+](C)(C)C. The summed E-state index contributed by atoms with van der Waals surface area (Å²) in [7, 11) is 3.65. The molecule has 0 fully saturated rings. The summed E-state index contributed by atoms with van der Waals surface area (Å²) < 4.78 is 12.6. The van der Waals surface area contributed by atoms with Crippen molar-refractivity contribution in [2.24, 2.45) is 0 Å². The van der Waals surface area contributed by atoms with E-state index in [0.29, 0.717) is 4.48 Å². The number of hydrogen-bond donors (Lipinski definition) is 0. The van der Waals surface area contributed by atoms with Crippen molar-refractivity contribution in [3.05, 3.63) is 12.2 Å². The summed E-state index contributed by atoms with van der Waals surface area (Å²) in [6.45, 7) is 4.35. The standard InChI is InChI=1S/C23H47NO2P/c1-6-8-9-10-11-12-13-14-15-16-17-18-19-20-22-23(21-7-2,27(25)26)24(3,4)5/h13-14H,6-12,15-22H2,1-5H3/q+1/b14-13-. The van der Waals surface area contributed by atoms with Crippen LogP contribution < -0.4 is 4.89 Å². The third-order valence-electron chi connectivity index (χ3n) is 5.83. The number of allylic oxidation sites excluding steroid dienone is 2. The van der Waals surface area contributed by atoms with Crippen LogP contribution in [-0.4, -0.2) is 30.9 Å². The Hall–Kier alpha value is -0.240. The van der Waals surface area contributed by atoms with Crippen LogP contribution in [0.1, 0.15) is 110 Å². The number of unbranched alkanes of at least 4 members (excludes halogenated alkanes) is 10. The summed E-state index contributed by atoms with van der Waals surface area (Å²) in [5.74, 6) is 0. The fourth-order valence-electron chi connectivity index (χ4n) is 3.93. The van der Waals surface area contributed by atoms with E-state index in [0.717, 1.165) is 32.1 Å². The maximum Gasteiger partial charge on any atom is 0.376 e. The van der Waals surface area contributed by atoms with E-state index in [9.17, 15) is 9.46 Å². The first-order valence-electron chi connectivity index (χ1n) is 11.4. The fraction of sp³-hybridized carbons (Fsp3) is 0.913. The minimum absolute atomic E-state index is 0.517. The molecule has 0 bridgehead atoms. The summed E-state index contributed by atoms with van der Waals surface area (Å²) in [4.78, 5) is 12.0. The predicted octanol–water partition coefficient (Wildman–Crippen LogP) is 6.94. The zero-order valence-electron chi connectivity index (χ0n) is 19.0. The van der Waals surface area contributed by atoms with Crippen molar-refractivity contribution in [1.82, 2.24) is 0 Å². The van der Waals surface area contributed by atoms with Gasteiger partial charge in [0.15, 0.2) is 0 Å². The van der Waals surface area contributed by atoms with Gasteiger partial charge in [-0.3, -0.25) is 4.48 Å². The molecule has 0 aliphatic heterocycles. The lowest BCUT2D eigenvalue weighted by Crippen LogP contribution is -2.55. The quantitative estimate of drug-likeness (QED) is 0.108. The molecule has 0 aliphatic carbocycles. The molecular formula is C23H47NO2P+. The molecule has 0 radical (unpaired) electrons. The third kappa shape index (κ3) is 11.4. The monoisotopic (exact) mass is 400 g/mol. The Morgan fingerprint density at radius 1 is 0.741 bits per heavy atom. The smallest absolute Gasteiger partial charge is 0.376 e. The van der Waals surface area contributed by atoms with Gasteiger partial charge >= 0.3 is 8.03 Å². The van der Waals surface area contributed by atoms with Gasteiger partial charge in [-0.15, -0.1) is 0 Å². The Kier molecular flexibility index (Phi) is 15.5. The number of hydrogen-bond acceptors (Lipinski definition) is 2. The Morgan fingerprint density at radius 3 is 1.67 bits per heavy atom. The second-order valence-electron chi connectivity index (χ2n) is 8.98. The van der Waals surface area contributed by atoms with Gasteiger partial charge < -0.3 is 4.89 Å². The lowest BCUT2D eigenvalue weighted by Gasteiger charge is -2.39. The number of rotatable bonds is 18. The van der Waals surface area contributed by atoms with Crippen LogP contribution in [0.15, 0.2) is 12.2 Å². The normalized spacial score (nSPS) is 15.3. The molecule has 0 aliphatic rings. The van der Waals surface area contributed by atoms with Gasteiger partial charge in [-0.1, -0.05) is 75.5 Å². The largest absolute Gasteiger partial charge is 0.590 e. The highest BCUT2D eigenvalue weighted by Crippen LogP contribution is 2.45. The van der Waals surface area contributed by atoms with Crippen LogP contribution >= 0.6 is 8.03 Å². The van der Waals surface area contributed by atoms with Gasteiger partial charge in [0.1, 0.15) is 0 Å². The van der Waals surface area contributed by atoms with E-state index < -0.39 is 13.3 Å².